The lowest BCUT2D eigenvalue weighted by molar-refractivity contribution is -0.385. The minimum Gasteiger partial charge on any atom is -0.490 e. The zero-order chi connectivity index (χ0) is 21.1. The minimum absolute atomic E-state index is 0.0588. The first kappa shape index (κ1) is 21.7. The molecule has 0 saturated carbocycles. The molecule has 2 N–H and O–H groups in total. The molecule has 1 amide bonds. The molecule has 1 aliphatic heterocycles. The van der Waals surface area contributed by atoms with E-state index in [1.54, 1.807) is 20.8 Å². The summed E-state index contributed by atoms with van der Waals surface area (Å²) >= 11 is 0. The molecule has 0 aromatic heterocycles. The summed E-state index contributed by atoms with van der Waals surface area (Å²) in [4.78, 5) is 26.3. The molecule has 28 heavy (non-hydrogen) atoms. The van der Waals surface area contributed by atoms with E-state index in [4.69, 9.17) is 9.47 Å². The number of piperazine rings is 1. The van der Waals surface area contributed by atoms with Crippen LogP contribution in [0.25, 0.3) is 0 Å². The van der Waals surface area contributed by atoms with Gasteiger partial charge in [-0.25, -0.2) is 4.79 Å². The summed E-state index contributed by atoms with van der Waals surface area (Å²) in [5.41, 5.74) is -0.00799. The molecule has 0 bridgehead atoms. The molecule has 1 atom stereocenters. The van der Waals surface area contributed by atoms with Crippen LogP contribution in [0, 0.1) is 10.1 Å². The van der Waals surface area contributed by atoms with Crippen LogP contribution in [0.15, 0.2) is 12.1 Å². The zero-order valence-corrected chi connectivity index (χ0v) is 16.5. The third kappa shape index (κ3) is 4.82. The predicted octanol–water partition coefficient (Wildman–Crippen LogP) is 1.51. The fourth-order valence-corrected chi connectivity index (χ4v) is 3.12. The van der Waals surface area contributed by atoms with Gasteiger partial charge in [0.05, 0.1) is 31.3 Å². The molecule has 0 unspecified atom stereocenters. The van der Waals surface area contributed by atoms with Gasteiger partial charge < -0.3 is 29.5 Å². The summed E-state index contributed by atoms with van der Waals surface area (Å²) < 4.78 is 10.5. The highest BCUT2D eigenvalue weighted by Crippen LogP contribution is 2.36. The second-order valence-electron chi connectivity index (χ2n) is 7.52. The third-order valence-corrected chi connectivity index (χ3v) is 4.40. The van der Waals surface area contributed by atoms with Crippen molar-refractivity contribution in [3.8, 4) is 5.75 Å². The Bertz CT molecular complexity index is 733. The number of amides is 1. The molecule has 1 aromatic rings. The molecule has 1 fully saturated rings. The van der Waals surface area contributed by atoms with Crippen molar-refractivity contribution < 1.29 is 29.4 Å². The van der Waals surface area contributed by atoms with E-state index in [1.807, 2.05) is 4.90 Å². The zero-order valence-electron chi connectivity index (χ0n) is 16.5. The van der Waals surface area contributed by atoms with Gasteiger partial charge in [-0.1, -0.05) is 0 Å². The van der Waals surface area contributed by atoms with E-state index in [9.17, 15) is 25.1 Å². The highest BCUT2D eigenvalue weighted by molar-refractivity contribution is 5.70. The van der Waals surface area contributed by atoms with Gasteiger partial charge in [0.2, 0.25) is 0 Å². The van der Waals surface area contributed by atoms with Crippen molar-refractivity contribution in [1.29, 1.82) is 0 Å². The third-order valence-electron chi connectivity index (χ3n) is 4.40. The van der Waals surface area contributed by atoms with Crippen molar-refractivity contribution in [3.63, 3.8) is 0 Å². The smallest absolute Gasteiger partial charge is 0.410 e. The molecule has 1 aliphatic rings. The lowest BCUT2D eigenvalue weighted by Crippen LogP contribution is -2.57. The van der Waals surface area contributed by atoms with Gasteiger partial charge in [0.15, 0.2) is 5.75 Å². The Labute approximate surface area is 163 Å². The fourth-order valence-electron chi connectivity index (χ4n) is 3.12. The van der Waals surface area contributed by atoms with Crippen LogP contribution < -0.4 is 9.64 Å². The second-order valence-corrected chi connectivity index (χ2v) is 7.52. The van der Waals surface area contributed by atoms with Crippen molar-refractivity contribution in [2.75, 3.05) is 38.3 Å². The van der Waals surface area contributed by atoms with Crippen LogP contribution in [0.5, 0.6) is 5.75 Å². The van der Waals surface area contributed by atoms with E-state index in [-0.39, 0.29) is 24.6 Å². The summed E-state index contributed by atoms with van der Waals surface area (Å²) in [5.74, 6) is 0.0588. The maximum atomic E-state index is 12.3. The quantitative estimate of drug-likeness (QED) is 0.566. The van der Waals surface area contributed by atoms with Crippen LogP contribution in [-0.4, -0.2) is 71.1 Å². The van der Waals surface area contributed by atoms with Gasteiger partial charge in [0.1, 0.15) is 5.60 Å². The molecule has 10 heteroatoms. The predicted molar refractivity (Wildman–Crippen MR) is 102 cm³/mol. The van der Waals surface area contributed by atoms with Gasteiger partial charge in [0.25, 0.3) is 0 Å². The topological polar surface area (TPSA) is 126 Å². The lowest BCUT2D eigenvalue weighted by Gasteiger charge is -2.42. The Kier molecular flexibility index (Phi) is 6.68. The number of aliphatic hydroxyl groups is 2. The molecule has 0 radical (unpaired) electrons. The van der Waals surface area contributed by atoms with Crippen LogP contribution in [0.3, 0.4) is 0 Å². The first-order valence-corrected chi connectivity index (χ1v) is 8.92. The lowest BCUT2D eigenvalue weighted by atomic mass is 10.1. The number of methoxy groups -OCH3 is 1. The van der Waals surface area contributed by atoms with Crippen LogP contribution >= 0.6 is 0 Å². The molecular weight excluding hydrogens is 370 g/mol. The van der Waals surface area contributed by atoms with Gasteiger partial charge in [-0.05, 0) is 20.8 Å². The molecule has 1 saturated heterocycles. The number of anilines is 1. The fraction of sp³-hybridized carbons (Fsp3) is 0.611. The molecule has 0 spiro atoms. The van der Waals surface area contributed by atoms with E-state index < -0.39 is 29.3 Å². The van der Waals surface area contributed by atoms with Crippen molar-refractivity contribution in [1.82, 2.24) is 4.90 Å². The Morgan fingerprint density at radius 1 is 1.32 bits per heavy atom. The van der Waals surface area contributed by atoms with E-state index in [1.165, 1.54) is 24.1 Å². The van der Waals surface area contributed by atoms with Gasteiger partial charge >= 0.3 is 11.8 Å². The number of rotatable bonds is 5. The summed E-state index contributed by atoms with van der Waals surface area (Å²) in [5, 5.41) is 30.8. The van der Waals surface area contributed by atoms with Crippen LogP contribution in [0.2, 0.25) is 0 Å². The summed E-state index contributed by atoms with van der Waals surface area (Å²) in [6.07, 6.45) is -0.464. The van der Waals surface area contributed by atoms with Crippen LogP contribution in [-0.2, 0) is 11.3 Å². The van der Waals surface area contributed by atoms with Gasteiger partial charge in [-0.15, -0.1) is 0 Å². The average Bonchev–Trinajstić information content (AvgIpc) is 2.64. The van der Waals surface area contributed by atoms with Gasteiger partial charge in [-0.2, -0.15) is 0 Å². The minimum atomic E-state index is -0.626. The number of nitro groups is 1. The maximum Gasteiger partial charge on any atom is 0.410 e. The largest absolute Gasteiger partial charge is 0.490 e. The van der Waals surface area contributed by atoms with E-state index in [0.717, 1.165) is 0 Å². The van der Waals surface area contributed by atoms with Gasteiger partial charge in [0, 0.05) is 43.0 Å². The first-order valence-electron chi connectivity index (χ1n) is 8.92. The highest BCUT2D eigenvalue weighted by atomic mass is 16.6. The van der Waals surface area contributed by atoms with Crippen molar-refractivity contribution in [3.05, 3.63) is 27.8 Å². The normalized spacial score (nSPS) is 17.4. The average molecular weight is 397 g/mol. The SMILES string of the molecule is COc1cc(N2CCN(C(=O)OC(C)(C)C)C[C@@H]2CO)c(CO)cc1[N+](=O)[O-]. The Hall–Kier alpha value is -2.59. The number of hydrogen-bond acceptors (Lipinski definition) is 8. The maximum absolute atomic E-state index is 12.3. The summed E-state index contributed by atoms with van der Waals surface area (Å²) in [6, 6.07) is 2.29. The number of hydrogen-bond donors (Lipinski definition) is 2. The standard InChI is InChI=1S/C18H27N3O7/c1-18(2,3)28-17(24)19-5-6-20(13(9-19)11-23)14-8-16(27-4)15(21(25)26)7-12(14)10-22/h7-8,13,22-23H,5-6,9-11H2,1-4H3/t13-/m1/s1. The molecule has 1 heterocycles. The molecule has 1 aromatic carbocycles. The molecule has 156 valence electrons. The monoisotopic (exact) mass is 397 g/mol. The molecule has 2 rings (SSSR count). The van der Waals surface area contributed by atoms with Crippen molar-refractivity contribution in [2.24, 2.45) is 0 Å². The Morgan fingerprint density at radius 3 is 2.50 bits per heavy atom. The second kappa shape index (κ2) is 8.61. The number of aliphatic hydroxyl groups excluding tert-OH is 2. The van der Waals surface area contributed by atoms with Crippen LogP contribution in [0.4, 0.5) is 16.2 Å². The Balaban J connectivity index is 2.31. The van der Waals surface area contributed by atoms with Gasteiger partial charge in [-0.3, -0.25) is 10.1 Å². The summed E-state index contributed by atoms with van der Waals surface area (Å²) in [7, 11) is 1.33. The highest BCUT2D eigenvalue weighted by Gasteiger charge is 2.33. The molecule has 10 nitrogen and oxygen atoms in total. The number of nitrogens with zero attached hydrogens (tertiary/aromatic N) is 3. The summed E-state index contributed by atoms with van der Waals surface area (Å²) in [6.45, 7) is 5.60. The molecular formula is C18H27N3O7. The number of nitro benzene ring substituents is 1. The molecule has 0 aliphatic carbocycles. The number of carbonyl (C=O) groups is 1. The van der Waals surface area contributed by atoms with E-state index in [0.29, 0.717) is 24.3 Å². The first-order chi connectivity index (χ1) is 13.1. The van der Waals surface area contributed by atoms with Crippen molar-refractivity contribution >= 4 is 17.5 Å². The van der Waals surface area contributed by atoms with E-state index >= 15 is 0 Å². The number of ether oxygens (including phenoxy) is 2. The number of benzene rings is 1. The van der Waals surface area contributed by atoms with E-state index in [2.05, 4.69) is 0 Å². The van der Waals surface area contributed by atoms with Crippen LogP contribution in [0.1, 0.15) is 26.3 Å². The van der Waals surface area contributed by atoms with Crippen molar-refractivity contribution in [2.45, 2.75) is 39.0 Å². The number of carbonyl (C=O) groups excluding carboxylic acids is 1. The Morgan fingerprint density at radius 2 is 2.00 bits per heavy atom.